The van der Waals surface area contributed by atoms with Crippen molar-refractivity contribution in [1.82, 2.24) is 15.0 Å². The zero-order valence-electron chi connectivity index (χ0n) is 21.7. The molecule has 0 saturated carbocycles. The maximum absolute atomic E-state index is 12.9. The lowest BCUT2D eigenvalue weighted by molar-refractivity contribution is 0.102. The van der Waals surface area contributed by atoms with E-state index in [0.717, 1.165) is 11.1 Å². The highest BCUT2D eigenvalue weighted by atomic mass is 16.5. The number of methoxy groups -OCH3 is 1. The van der Waals surface area contributed by atoms with Gasteiger partial charge in [0.2, 0.25) is 0 Å². The number of aromatic hydroxyl groups is 1. The van der Waals surface area contributed by atoms with Crippen molar-refractivity contribution < 1.29 is 19.4 Å². The van der Waals surface area contributed by atoms with Crippen LogP contribution in [0.5, 0.6) is 23.0 Å². The first-order chi connectivity index (χ1) is 18.9. The Bertz CT molecular complexity index is 1620. The fourth-order valence-corrected chi connectivity index (χ4v) is 3.89. The van der Waals surface area contributed by atoms with Crippen LogP contribution in [0.25, 0.3) is 11.0 Å². The lowest BCUT2D eigenvalue weighted by Crippen LogP contribution is -2.12. The van der Waals surface area contributed by atoms with E-state index in [1.54, 1.807) is 73.8 Å². The zero-order valence-corrected chi connectivity index (χ0v) is 21.7. The number of nitrogens with one attached hydrogen (secondary N) is 2. The smallest absolute Gasteiger partial charge is 0.255 e. The summed E-state index contributed by atoms with van der Waals surface area (Å²) in [6.45, 7) is 4.15. The van der Waals surface area contributed by atoms with E-state index in [1.165, 1.54) is 6.33 Å². The Labute approximate surface area is 225 Å². The first-order valence-electron chi connectivity index (χ1n) is 12.3. The maximum Gasteiger partial charge on any atom is 0.255 e. The molecule has 2 heterocycles. The lowest BCUT2D eigenvalue weighted by atomic mass is 10.1. The Morgan fingerprint density at radius 1 is 0.897 bits per heavy atom. The molecule has 2 aromatic heterocycles. The molecule has 196 valence electrons. The molecule has 0 saturated heterocycles. The van der Waals surface area contributed by atoms with Crippen LogP contribution in [0.1, 0.15) is 35.8 Å². The Morgan fingerprint density at radius 3 is 2.36 bits per heavy atom. The van der Waals surface area contributed by atoms with Crippen molar-refractivity contribution in [2.24, 2.45) is 0 Å². The molecule has 0 spiro atoms. The second kappa shape index (κ2) is 11.1. The second-order valence-corrected chi connectivity index (χ2v) is 9.10. The van der Waals surface area contributed by atoms with Crippen molar-refractivity contribution in [1.29, 1.82) is 0 Å². The summed E-state index contributed by atoms with van der Waals surface area (Å²) < 4.78 is 11.3. The number of benzene rings is 3. The lowest BCUT2D eigenvalue weighted by Gasteiger charge is -2.16. The summed E-state index contributed by atoms with van der Waals surface area (Å²) in [6.07, 6.45) is 1.46. The number of carbonyl (C=O) groups is 1. The molecule has 0 aliphatic carbocycles. The van der Waals surface area contributed by atoms with Gasteiger partial charge in [-0.1, -0.05) is 13.8 Å². The van der Waals surface area contributed by atoms with E-state index in [0.29, 0.717) is 45.7 Å². The topological polar surface area (TPSA) is 118 Å². The van der Waals surface area contributed by atoms with E-state index in [4.69, 9.17) is 9.47 Å². The van der Waals surface area contributed by atoms with Gasteiger partial charge in [0, 0.05) is 16.9 Å². The standard InChI is InChI=1S/C30H27N5O4/c1-18(2)25-14-13-24-28(34-25)31-17-32-29(24)35-26-16-20(33-30(37)19-4-9-22(38-3)10-5-19)6-15-27(26)39-23-11-7-21(36)8-12-23/h4-18,36H,1-3H3,(H,33,37)(H,31,32,34,35). The number of aromatic nitrogens is 3. The second-order valence-electron chi connectivity index (χ2n) is 9.10. The van der Waals surface area contributed by atoms with Crippen LogP contribution in [0.4, 0.5) is 17.2 Å². The Kier molecular flexibility index (Phi) is 7.22. The Hall–Kier alpha value is -5.18. The summed E-state index contributed by atoms with van der Waals surface area (Å²) >= 11 is 0. The minimum atomic E-state index is -0.270. The van der Waals surface area contributed by atoms with E-state index < -0.39 is 0 Å². The first kappa shape index (κ1) is 25.5. The number of rotatable bonds is 8. The van der Waals surface area contributed by atoms with Gasteiger partial charge in [-0.25, -0.2) is 15.0 Å². The summed E-state index contributed by atoms with van der Waals surface area (Å²) in [6, 6.07) is 22.4. The molecule has 0 atom stereocenters. The molecule has 0 radical (unpaired) electrons. The fraction of sp³-hybridized carbons (Fsp3) is 0.133. The van der Waals surface area contributed by atoms with Gasteiger partial charge < -0.3 is 25.2 Å². The number of pyridine rings is 1. The molecule has 9 nitrogen and oxygen atoms in total. The van der Waals surface area contributed by atoms with Gasteiger partial charge in [0.15, 0.2) is 11.4 Å². The van der Waals surface area contributed by atoms with Crippen molar-refractivity contribution in [3.63, 3.8) is 0 Å². The SMILES string of the molecule is COc1ccc(C(=O)Nc2ccc(Oc3ccc(O)cc3)c(Nc3ncnc4nc(C(C)C)ccc34)c2)cc1. The molecule has 9 heteroatoms. The van der Waals surface area contributed by atoms with Crippen LogP contribution >= 0.6 is 0 Å². The number of phenolic OH excluding ortho intramolecular Hbond substituents is 1. The summed E-state index contributed by atoms with van der Waals surface area (Å²) in [5.74, 6) is 2.35. The summed E-state index contributed by atoms with van der Waals surface area (Å²) in [4.78, 5) is 26.3. The van der Waals surface area contributed by atoms with Gasteiger partial charge in [-0.05, 0) is 84.8 Å². The van der Waals surface area contributed by atoms with Gasteiger partial charge >= 0.3 is 0 Å². The molecular formula is C30H27N5O4. The number of hydrogen-bond acceptors (Lipinski definition) is 8. The van der Waals surface area contributed by atoms with Crippen molar-refractivity contribution in [2.75, 3.05) is 17.7 Å². The molecule has 3 N–H and O–H groups in total. The minimum absolute atomic E-state index is 0.137. The number of hydrogen-bond donors (Lipinski definition) is 3. The van der Waals surface area contributed by atoms with Gasteiger partial charge in [-0.3, -0.25) is 4.79 Å². The molecule has 0 unspecified atom stereocenters. The summed E-state index contributed by atoms with van der Waals surface area (Å²) in [5, 5.41) is 16.6. The van der Waals surface area contributed by atoms with Gasteiger partial charge in [0.25, 0.3) is 5.91 Å². The minimum Gasteiger partial charge on any atom is -0.508 e. The van der Waals surface area contributed by atoms with E-state index in [-0.39, 0.29) is 17.6 Å². The van der Waals surface area contributed by atoms with Crippen LogP contribution < -0.4 is 20.1 Å². The third-order valence-corrected chi connectivity index (χ3v) is 6.02. The normalized spacial score (nSPS) is 10.9. The first-order valence-corrected chi connectivity index (χ1v) is 12.3. The monoisotopic (exact) mass is 521 g/mol. The molecule has 0 aliphatic heterocycles. The molecule has 5 aromatic rings. The number of fused-ring (bicyclic) bond motifs is 1. The van der Waals surface area contributed by atoms with Crippen LogP contribution in [-0.2, 0) is 0 Å². The summed E-state index contributed by atoms with van der Waals surface area (Å²) in [7, 11) is 1.57. The quantitative estimate of drug-likeness (QED) is 0.208. The van der Waals surface area contributed by atoms with Crippen molar-refractivity contribution in [3.8, 4) is 23.0 Å². The van der Waals surface area contributed by atoms with Crippen molar-refractivity contribution in [3.05, 3.63) is 96.4 Å². The van der Waals surface area contributed by atoms with Gasteiger partial charge in [0.05, 0.1) is 18.2 Å². The molecular weight excluding hydrogens is 494 g/mol. The fourth-order valence-electron chi connectivity index (χ4n) is 3.89. The molecule has 39 heavy (non-hydrogen) atoms. The highest BCUT2D eigenvalue weighted by Crippen LogP contribution is 2.36. The van der Waals surface area contributed by atoms with Crippen LogP contribution in [-0.4, -0.2) is 33.1 Å². The third-order valence-electron chi connectivity index (χ3n) is 6.02. The number of carbonyl (C=O) groups excluding carboxylic acids is 1. The average Bonchev–Trinajstić information content (AvgIpc) is 2.95. The van der Waals surface area contributed by atoms with Crippen LogP contribution in [0.15, 0.2) is 85.2 Å². The molecule has 1 amide bonds. The molecule has 0 bridgehead atoms. The van der Waals surface area contributed by atoms with Gasteiger partial charge in [0.1, 0.15) is 29.4 Å². The van der Waals surface area contributed by atoms with Gasteiger partial charge in [-0.2, -0.15) is 0 Å². The van der Waals surface area contributed by atoms with Gasteiger partial charge in [-0.15, -0.1) is 0 Å². The highest BCUT2D eigenvalue weighted by molar-refractivity contribution is 6.04. The molecule has 0 fully saturated rings. The zero-order chi connectivity index (χ0) is 27.4. The van der Waals surface area contributed by atoms with E-state index >= 15 is 0 Å². The molecule has 3 aromatic carbocycles. The Morgan fingerprint density at radius 2 is 1.64 bits per heavy atom. The highest BCUT2D eigenvalue weighted by Gasteiger charge is 2.14. The Balaban J connectivity index is 1.49. The number of phenols is 1. The number of amides is 1. The predicted octanol–water partition coefficient (Wildman–Crippen LogP) is 6.65. The average molecular weight is 522 g/mol. The number of ether oxygens (including phenoxy) is 2. The largest absolute Gasteiger partial charge is 0.508 e. The van der Waals surface area contributed by atoms with E-state index in [1.807, 2.05) is 12.1 Å². The molecule has 0 aliphatic rings. The van der Waals surface area contributed by atoms with E-state index in [9.17, 15) is 9.90 Å². The van der Waals surface area contributed by atoms with Crippen LogP contribution in [0.3, 0.4) is 0 Å². The van der Waals surface area contributed by atoms with Crippen molar-refractivity contribution >= 4 is 34.1 Å². The van der Waals surface area contributed by atoms with E-state index in [2.05, 4.69) is 39.4 Å². The molecule has 5 rings (SSSR count). The number of anilines is 3. The van der Waals surface area contributed by atoms with Crippen LogP contribution in [0, 0.1) is 0 Å². The third kappa shape index (κ3) is 5.88. The van der Waals surface area contributed by atoms with Crippen molar-refractivity contribution in [2.45, 2.75) is 19.8 Å². The number of nitrogens with zero attached hydrogens (tertiary/aromatic N) is 3. The summed E-state index contributed by atoms with van der Waals surface area (Å²) in [5.41, 5.74) is 3.11. The van der Waals surface area contributed by atoms with Crippen LogP contribution in [0.2, 0.25) is 0 Å². The maximum atomic E-state index is 12.9. The predicted molar refractivity (Wildman–Crippen MR) is 150 cm³/mol.